The van der Waals surface area contributed by atoms with Gasteiger partial charge in [0.2, 0.25) is 0 Å². The van der Waals surface area contributed by atoms with Crippen molar-refractivity contribution in [2.45, 2.75) is 25.7 Å². The minimum absolute atomic E-state index is 0.0286. The summed E-state index contributed by atoms with van der Waals surface area (Å²) in [6, 6.07) is 2.75. The number of ether oxygens (including phenoxy) is 1. The Labute approximate surface area is 125 Å². The van der Waals surface area contributed by atoms with Crippen molar-refractivity contribution < 1.29 is 19.4 Å². The molecule has 19 heavy (non-hydrogen) atoms. The van der Waals surface area contributed by atoms with Crippen LogP contribution in [-0.2, 0) is 9.59 Å². The first-order valence-corrected chi connectivity index (χ1v) is 6.60. The number of carbonyl (C=O) groups excluding carboxylic acids is 1. The highest BCUT2D eigenvalue weighted by molar-refractivity contribution is 6.43. The van der Waals surface area contributed by atoms with E-state index in [4.69, 9.17) is 44.6 Å². The molecule has 0 aliphatic heterocycles. The van der Waals surface area contributed by atoms with E-state index >= 15 is 0 Å². The van der Waals surface area contributed by atoms with Gasteiger partial charge in [-0.05, 0) is 18.9 Å². The summed E-state index contributed by atoms with van der Waals surface area (Å²) in [5, 5.41) is 9.14. The molecule has 0 aliphatic rings. The second kappa shape index (κ2) is 7.58. The lowest BCUT2D eigenvalue weighted by atomic mass is 10.2. The van der Waals surface area contributed by atoms with Crippen LogP contribution in [0.25, 0.3) is 0 Å². The highest BCUT2D eigenvalue weighted by Crippen LogP contribution is 2.34. The van der Waals surface area contributed by atoms with Crippen molar-refractivity contribution in [3.05, 3.63) is 27.2 Å². The van der Waals surface area contributed by atoms with Crippen molar-refractivity contribution in [2.24, 2.45) is 0 Å². The number of unbranched alkanes of at least 4 members (excludes halogenated alkanes) is 1. The third-order valence-corrected chi connectivity index (χ3v) is 3.24. The molecule has 1 rings (SSSR count). The van der Waals surface area contributed by atoms with Gasteiger partial charge in [0.15, 0.2) is 5.75 Å². The van der Waals surface area contributed by atoms with Gasteiger partial charge in [0.05, 0.1) is 15.1 Å². The van der Waals surface area contributed by atoms with Crippen molar-refractivity contribution >= 4 is 46.7 Å². The van der Waals surface area contributed by atoms with Crippen LogP contribution in [0.4, 0.5) is 0 Å². The van der Waals surface area contributed by atoms with Gasteiger partial charge in [0.25, 0.3) is 0 Å². The number of benzene rings is 1. The Morgan fingerprint density at radius 1 is 1.00 bits per heavy atom. The van der Waals surface area contributed by atoms with Crippen molar-refractivity contribution in [3.63, 3.8) is 0 Å². The fourth-order valence-corrected chi connectivity index (χ4v) is 1.88. The Balaban J connectivity index is 2.48. The number of esters is 1. The van der Waals surface area contributed by atoms with Crippen LogP contribution in [0.1, 0.15) is 25.7 Å². The van der Waals surface area contributed by atoms with E-state index in [1.54, 1.807) is 0 Å². The van der Waals surface area contributed by atoms with Gasteiger partial charge in [0, 0.05) is 18.9 Å². The van der Waals surface area contributed by atoms with Gasteiger partial charge in [-0.25, -0.2) is 0 Å². The van der Waals surface area contributed by atoms with Gasteiger partial charge in [-0.2, -0.15) is 0 Å². The van der Waals surface area contributed by atoms with Crippen LogP contribution in [0, 0.1) is 0 Å². The van der Waals surface area contributed by atoms with Crippen molar-refractivity contribution in [3.8, 4) is 5.75 Å². The van der Waals surface area contributed by atoms with Crippen LogP contribution in [0.15, 0.2) is 12.1 Å². The molecule has 4 nitrogen and oxygen atoms in total. The van der Waals surface area contributed by atoms with Gasteiger partial charge >= 0.3 is 11.9 Å². The van der Waals surface area contributed by atoms with Crippen LogP contribution in [0.2, 0.25) is 15.1 Å². The average molecular weight is 326 g/mol. The maximum atomic E-state index is 11.5. The smallest absolute Gasteiger partial charge is 0.311 e. The SMILES string of the molecule is O=C(O)CCCCC(=O)Oc1cc(Cl)c(Cl)cc1Cl. The minimum Gasteiger partial charge on any atom is -0.481 e. The van der Waals surface area contributed by atoms with Crippen LogP contribution in [0.5, 0.6) is 5.75 Å². The lowest BCUT2D eigenvalue weighted by Crippen LogP contribution is -2.08. The monoisotopic (exact) mass is 324 g/mol. The van der Waals surface area contributed by atoms with Crippen LogP contribution < -0.4 is 4.74 Å². The first kappa shape index (κ1) is 16.1. The lowest BCUT2D eigenvalue weighted by molar-refractivity contribution is -0.138. The highest BCUT2D eigenvalue weighted by atomic mass is 35.5. The summed E-state index contributed by atoms with van der Waals surface area (Å²) in [5.74, 6) is -1.24. The predicted octanol–water partition coefficient (Wildman–Crippen LogP) is 4.20. The molecule has 0 saturated heterocycles. The van der Waals surface area contributed by atoms with E-state index in [1.807, 2.05) is 0 Å². The van der Waals surface area contributed by atoms with E-state index in [-0.39, 0.29) is 33.7 Å². The summed E-state index contributed by atoms with van der Waals surface area (Å²) in [5.41, 5.74) is 0. The van der Waals surface area contributed by atoms with Crippen molar-refractivity contribution in [2.75, 3.05) is 0 Å². The summed E-state index contributed by atoms with van der Waals surface area (Å²) in [6.45, 7) is 0. The molecule has 0 aliphatic carbocycles. The van der Waals surface area contributed by atoms with E-state index in [0.29, 0.717) is 12.8 Å². The maximum Gasteiger partial charge on any atom is 0.311 e. The van der Waals surface area contributed by atoms with Gasteiger partial charge in [-0.1, -0.05) is 34.8 Å². The van der Waals surface area contributed by atoms with Gasteiger partial charge in [-0.3, -0.25) is 9.59 Å². The molecular formula is C12H11Cl3O4. The van der Waals surface area contributed by atoms with Crippen molar-refractivity contribution in [1.82, 2.24) is 0 Å². The molecule has 0 aromatic heterocycles. The second-order valence-electron chi connectivity index (χ2n) is 3.77. The third-order valence-electron chi connectivity index (χ3n) is 2.22. The zero-order valence-corrected chi connectivity index (χ0v) is 12.1. The Bertz CT molecular complexity index is 488. The van der Waals surface area contributed by atoms with E-state index in [2.05, 4.69) is 0 Å². The molecule has 1 N–H and O–H groups in total. The fraction of sp³-hybridized carbons (Fsp3) is 0.333. The van der Waals surface area contributed by atoms with Crippen LogP contribution in [-0.4, -0.2) is 17.0 Å². The van der Waals surface area contributed by atoms with E-state index in [9.17, 15) is 9.59 Å². The molecule has 0 heterocycles. The molecular weight excluding hydrogens is 314 g/mol. The lowest BCUT2D eigenvalue weighted by Gasteiger charge is -2.07. The number of rotatable bonds is 6. The zero-order chi connectivity index (χ0) is 14.4. The quantitative estimate of drug-likeness (QED) is 0.368. The number of carboxylic acids is 1. The van der Waals surface area contributed by atoms with E-state index in [0.717, 1.165) is 0 Å². The number of aliphatic carboxylic acids is 1. The summed E-state index contributed by atoms with van der Waals surface area (Å²) in [7, 11) is 0. The fourth-order valence-electron chi connectivity index (χ4n) is 1.30. The maximum absolute atomic E-state index is 11.5. The summed E-state index contributed by atoms with van der Waals surface area (Å²) in [6.07, 6.45) is 0.994. The molecule has 0 atom stereocenters. The molecule has 104 valence electrons. The normalized spacial score (nSPS) is 10.3. The topological polar surface area (TPSA) is 63.6 Å². The average Bonchev–Trinajstić information content (AvgIpc) is 2.31. The Morgan fingerprint density at radius 2 is 1.58 bits per heavy atom. The van der Waals surface area contributed by atoms with E-state index < -0.39 is 11.9 Å². The predicted molar refractivity (Wildman–Crippen MR) is 73.2 cm³/mol. The largest absolute Gasteiger partial charge is 0.481 e. The minimum atomic E-state index is -0.888. The number of halogens is 3. The summed E-state index contributed by atoms with van der Waals surface area (Å²) < 4.78 is 5.03. The number of hydrogen-bond donors (Lipinski definition) is 1. The molecule has 1 aromatic carbocycles. The molecule has 0 bridgehead atoms. The first-order valence-electron chi connectivity index (χ1n) is 5.47. The molecule has 0 fully saturated rings. The molecule has 7 heteroatoms. The number of carboxylic acid groups (broad SMARTS) is 1. The van der Waals surface area contributed by atoms with Crippen LogP contribution in [0.3, 0.4) is 0 Å². The Morgan fingerprint density at radius 3 is 2.21 bits per heavy atom. The summed E-state index contributed by atoms with van der Waals surface area (Å²) in [4.78, 5) is 21.8. The molecule has 0 unspecified atom stereocenters. The molecule has 0 spiro atoms. The van der Waals surface area contributed by atoms with Crippen molar-refractivity contribution in [1.29, 1.82) is 0 Å². The number of hydrogen-bond acceptors (Lipinski definition) is 3. The van der Waals surface area contributed by atoms with Gasteiger partial charge < -0.3 is 9.84 Å². The molecule has 0 saturated carbocycles. The third kappa shape index (κ3) is 5.68. The zero-order valence-electron chi connectivity index (χ0n) is 9.79. The molecule has 0 amide bonds. The van der Waals surface area contributed by atoms with Gasteiger partial charge in [0.1, 0.15) is 0 Å². The molecule has 1 aromatic rings. The highest BCUT2D eigenvalue weighted by Gasteiger charge is 2.11. The summed E-state index contributed by atoms with van der Waals surface area (Å²) >= 11 is 17.4. The second-order valence-corrected chi connectivity index (χ2v) is 4.99. The van der Waals surface area contributed by atoms with Crippen LogP contribution >= 0.6 is 34.8 Å². The van der Waals surface area contributed by atoms with E-state index in [1.165, 1.54) is 12.1 Å². The number of carbonyl (C=O) groups is 2. The van der Waals surface area contributed by atoms with Gasteiger partial charge in [-0.15, -0.1) is 0 Å². The standard InChI is InChI=1S/C12H11Cl3O4/c13-7-5-9(15)10(6-8(7)14)19-12(18)4-2-1-3-11(16)17/h5-6H,1-4H2,(H,16,17). The first-order chi connectivity index (χ1) is 8.90. The molecule has 0 radical (unpaired) electrons. The Kier molecular flexibility index (Phi) is 6.42. The Hall–Kier alpha value is -0.970.